The molecule has 0 fully saturated rings. The molecule has 2 aromatic carbocycles. The summed E-state index contributed by atoms with van der Waals surface area (Å²) in [5.41, 5.74) is 1.29. The molecule has 0 unspecified atom stereocenters. The summed E-state index contributed by atoms with van der Waals surface area (Å²) in [5.74, 6) is -1.41. The molecule has 0 saturated heterocycles. The number of rotatable bonds is 8. The van der Waals surface area contributed by atoms with Gasteiger partial charge >= 0.3 is 12.1 Å². The van der Waals surface area contributed by atoms with Crippen molar-refractivity contribution in [1.29, 1.82) is 0 Å². The maximum Gasteiger partial charge on any atom is 0.471 e. The molecule has 0 saturated carbocycles. The van der Waals surface area contributed by atoms with Crippen molar-refractivity contribution < 1.29 is 27.2 Å². The van der Waals surface area contributed by atoms with Crippen molar-refractivity contribution >= 4 is 5.91 Å². The highest BCUT2D eigenvalue weighted by molar-refractivity contribution is 5.95. The number of benzene rings is 2. The molecule has 0 aliphatic carbocycles. The highest BCUT2D eigenvalue weighted by atomic mass is 19.4. The SMILES string of the molecule is C/C=C\CCOc1ccccc1CNC(=O)c1cccc(-c2noc(C(F)(F)F)n2)c1. The monoisotopic (exact) mass is 431 g/mol. The van der Waals surface area contributed by atoms with E-state index in [1.165, 1.54) is 18.2 Å². The Morgan fingerprint density at radius 1 is 1.19 bits per heavy atom. The molecule has 1 aromatic heterocycles. The van der Waals surface area contributed by atoms with E-state index in [0.29, 0.717) is 12.4 Å². The van der Waals surface area contributed by atoms with Crippen LogP contribution in [0.2, 0.25) is 0 Å². The Kier molecular flexibility index (Phi) is 7.07. The second-order valence-corrected chi connectivity index (χ2v) is 6.50. The molecule has 0 bridgehead atoms. The first kappa shape index (κ1) is 22.1. The summed E-state index contributed by atoms with van der Waals surface area (Å²) in [5, 5.41) is 6.13. The zero-order chi connectivity index (χ0) is 22.3. The van der Waals surface area contributed by atoms with Gasteiger partial charge in [-0.25, -0.2) is 0 Å². The van der Waals surface area contributed by atoms with E-state index in [2.05, 4.69) is 20.0 Å². The Labute approximate surface area is 176 Å². The summed E-state index contributed by atoms with van der Waals surface area (Å²) in [6.07, 6.45) is -0.0144. The van der Waals surface area contributed by atoms with Crippen LogP contribution in [0.1, 0.15) is 35.2 Å². The summed E-state index contributed by atoms with van der Waals surface area (Å²) in [6, 6.07) is 13.3. The normalized spacial score (nSPS) is 11.6. The molecule has 3 rings (SSSR count). The molecule has 1 N–H and O–H groups in total. The summed E-state index contributed by atoms with van der Waals surface area (Å²) in [7, 11) is 0. The lowest BCUT2D eigenvalue weighted by molar-refractivity contribution is -0.159. The van der Waals surface area contributed by atoms with Crippen molar-refractivity contribution in [3.05, 3.63) is 77.7 Å². The van der Waals surface area contributed by atoms with Crippen LogP contribution in [0.4, 0.5) is 13.2 Å². The van der Waals surface area contributed by atoms with Gasteiger partial charge in [0.05, 0.1) is 6.61 Å². The van der Waals surface area contributed by atoms with E-state index in [1.807, 2.05) is 43.3 Å². The van der Waals surface area contributed by atoms with Crippen LogP contribution in [0.3, 0.4) is 0 Å². The van der Waals surface area contributed by atoms with Crippen LogP contribution in [-0.2, 0) is 12.7 Å². The Morgan fingerprint density at radius 2 is 2.00 bits per heavy atom. The van der Waals surface area contributed by atoms with E-state index in [9.17, 15) is 18.0 Å². The predicted molar refractivity (Wildman–Crippen MR) is 107 cm³/mol. The number of hydrogen-bond acceptors (Lipinski definition) is 5. The lowest BCUT2D eigenvalue weighted by Crippen LogP contribution is -2.23. The van der Waals surface area contributed by atoms with Crippen LogP contribution in [0.5, 0.6) is 5.75 Å². The number of allylic oxidation sites excluding steroid dienone is 1. The lowest BCUT2D eigenvalue weighted by atomic mass is 10.1. The van der Waals surface area contributed by atoms with Crippen LogP contribution in [-0.4, -0.2) is 22.7 Å². The molecule has 0 aliphatic heterocycles. The van der Waals surface area contributed by atoms with Crippen LogP contribution in [0.25, 0.3) is 11.4 Å². The molecule has 0 spiro atoms. The topological polar surface area (TPSA) is 77.2 Å². The second kappa shape index (κ2) is 9.92. The number of nitrogens with one attached hydrogen (secondary N) is 1. The molecular weight excluding hydrogens is 411 g/mol. The third-order valence-corrected chi connectivity index (χ3v) is 4.24. The van der Waals surface area contributed by atoms with Gasteiger partial charge in [0.15, 0.2) is 0 Å². The van der Waals surface area contributed by atoms with Crippen LogP contribution >= 0.6 is 0 Å². The van der Waals surface area contributed by atoms with Gasteiger partial charge in [-0.3, -0.25) is 4.79 Å². The van der Waals surface area contributed by atoms with Gasteiger partial charge in [-0.1, -0.05) is 47.6 Å². The van der Waals surface area contributed by atoms with E-state index in [1.54, 1.807) is 6.07 Å². The quantitative estimate of drug-likeness (QED) is 0.400. The number of amides is 1. The van der Waals surface area contributed by atoms with Crippen molar-refractivity contribution in [2.45, 2.75) is 26.1 Å². The average Bonchev–Trinajstić information content (AvgIpc) is 3.27. The van der Waals surface area contributed by atoms with Gasteiger partial charge in [-0.15, -0.1) is 0 Å². The highest BCUT2D eigenvalue weighted by Crippen LogP contribution is 2.29. The summed E-state index contributed by atoms with van der Waals surface area (Å²) in [4.78, 5) is 15.9. The van der Waals surface area contributed by atoms with Crippen LogP contribution in [0.15, 0.2) is 65.2 Å². The molecule has 3 aromatic rings. The van der Waals surface area contributed by atoms with Gasteiger partial charge in [0.1, 0.15) is 5.75 Å². The largest absolute Gasteiger partial charge is 0.493 e. The summed E-state index contributed by atoms with van der Waals surface area (Å²) in [6.45, 7) is 2.68. The fourth-order valence-electron chi connectivity index (χ4n) is 2.73. The number of halogens is 3. The number of carbonyl (C=O) groups is 1. The van der Waals surface area contributed by atoms with E-state index in [-0.39, 0.29) is 23.5 Å². The lowest BCUT2D eigenvalue weighted by Gasteiger charge is -2.12. The maximum atomic E-state index is 12.7. The molecule has 1 amide bonds. The first-order valence-corrected chi connectivity index (χ1v) is 9.50. The summed E-state index contributed by atoms with van der Waals surface area (Å²) >= 11 is 0. The van der Waals surface area contributed by atoms with Crippen molar-refractivity contribution in [2.24, 2.45) is 0 Å². The van der Waals surface area contributed by atoms with Crippen molar-refractivity contribution in [1.82, 2.24) is 15.5 Å². The van der Waals surface area contributed by atoms with E-state index >= 15 is 0 Å². The zero-order valence-electron chi connectivity index (χ0n) is 16.6. The van der Waals surface area contributed by atoms with Crippen LogP contribution in [0, 0.1) is 0 Å². The van der Waals surface area contributed by atoms with Gasteiger partial charge in [-0.2, -0.15) is 18.2 Å². The Morgan fingerprint density at radius 3 is 2.74 bits per heavy atom. The van der Waals surface area contributed by atoms with Crippen molar-refractivity contribution in [3.63, 3.8) is 0 Å². The fourth-order valence-corrected chi connectivity index (χ4v) is 2.73. The van der Waals surface area contributed by atoms with E-state index in [4.69, 9.17) is 4.74 Å². The van der Waals surface area contributed by atoms with Gasteiger partial charge in [0.2, 0.25) is 5.82 Å². The van der Waals surface area contributed by atoms with Gasteiger partial charge in [0, 0.05) is 23.2 Å². The molecule has 0 radical (unpaired) electrons. The third kappa shape index (κ3) is 5.94. The molecule has 162 valence electrons. The zero-order valence-corrected chi connectivity index (χ0v) is 16.6. The number of carbonyl (C=O) groups excluding carboxylic acids is 1. The molecule has 6 nitrogen and oxygen atoms in total. The molecule has 1 heterocycles. The van der Waals surface area contributed by atoms with Crippen LogP contribution < -0.4 is 10.1 Å². The first-order chi connectivity index (χ1) is 14.9. The summed E-state index contributed by atoms with van der Waals surface area (Å²) < 4.78 is 48.0. The minimum Gasteiger partial charge on any atom is -0.493 e. The molecule has 0 atom stereocenters. The van der Waals surface area contributed by atoms with E-state index < -0.39 is 18.0 Å². The molecule has 0 aliphatic rings. The Bertz CT molecular complexity index is 1060. The predicted octanol–water partition coefficient (Wildman–Crippen LogP) is 5.03. The smallest absolute Gasteiger partial charge is 0.471 e. The average molecular weight is 431 g/mol. The minimum absolute atomic E-state index is 0.225. The Hall–Kier alpha value is -3.62. The number of alkyl halides is 3. The van der Waals surface area contributed by atoms with Gasteiger partial charge < -0.3 is 14.6 Å². The number of aromatic nitrogens is 2. The minimum atomic E-state index is -4.73. The fraction of sp³-hybridized carbons (Fsp3) is 0.227. The maximum absolute atomic E-state index is 12.7. The number of nitrogens with zero attached hydrogens (tertiary/aromatic N) is 2. The number of hydrogen-bond donors (Lipinski definition) is 1. The molecular formula is C22H20F3N3O3. The standard InChI is InChI=1S/C22H20F3N3O3/c1-2-3-6-12-30-18-11-5-4-8-17(18)14-26-20(29)16-10-7-9-15(13-16)19-27-21(31-28-19)22(23,24)25/h2-5,7-11,13H,6,12,14H2,1H3,(H,26,29)/b3-2-. The first-order valence-electron chi connectivity index (χ1n) is 9.50. The number of ether oxygens (including phenoxy) is 1. The Balaban J connectivity index is 1.67. The third-order valence-electron chi connectivity index (χ3n) is 4.24. The van der Waals surface area contributed by atoms with Gasteiger partial charge in [-0.05, 0) is 31.5 Å². The highest BCUT2D eigenvalue weighted by Gasteiger charge is 2.38. The number of para-hydroxylation sites is 1. The van der Waals surface area contributed by atoms with Crippen molar-refractivity contribution in [3.8, 4) is 17.1 Å². The van der Waals surface area contributed by atoms with E-state index in [0.717, 1.165) is 12.0 Å². The molecule has 9 heteroatoms. The molecule has 31 heavy (non-hydrogen) atoms. The second-order valence-electron chi connectivity index (χ2n) is 6.50. The van der Waals surface area contributed by atoms with Crippen molar-refractivity contribution in [2.75, 3.05) is 6.61 Å². The van der Waals surface area contributed by atoms with Gasteiger partial charge in [0.25, 0.3) is 5.91 Å².